The van der Waals surface area contributed by atoms with Crippen LogP contribution in [0.1, 0.15) is 51.9 Å². The average Bonchev–Trinajstić information content (AvgIpc) is 3.03. The van der Waals surface area contributed by atoms with E-state index in [0.717, 1.165) is 33.2 Å². The zero-order chi connectivity index (χ0) is 19.8. The Bertz CT molecular complexity index is 973. The molecule has 6 nitrogen and oxygen atoms in total. The van der Waals surface area contributed by atoms with E-state index in [1.54, 1.807) is 0 Å². The van der Waals surface area contributed by atoms with E-state index >= 15 is 0 Å². The molecule has 0 saturated heterocycles. The summed E-state index contributed by atoms with van der Waals surface area (Å²) in [6, 6.07) is 8.09. The van der Waals surface area contributed by atoms with Gasteiger partial charge in [-0.05, 0) is 19.9 Å². The van der Waals surface area contributed by atoms with Crippen molar-refractivity contribution in [2.45, 2.75) is 52.5 Å². The first-order chi connectivity index (χ1) is 12.7. The highest BCUT2D eigenvalue weighted by Gasteiger charge is 2.26. The molecule has 2 aromatic heterocycles. The fraction of sp³-hybridized carbons (Fsp3) is 0.476. The number of pyridine rings is 1. The molecule has 2 heterocycles. The minimum Gasteiger partial charge on any atom is -0.351 e. The van der Waals surface area contributed by atoms with Crippen LogP contribution in [-0.4, -0.2) is 33.2 Å². The minimum atomic E-state index is -0.398. The maximum atomic E-state index is 12.2. The average molecular weight is 367 g/mol. The summed E-state index contributed by atoms with van der Waals surface area (Å²) < 4.78 is 0. The molecule has 0 aliphatic rings. The van der Waals surface area contributed by atoms with Crippen LogP contribution in [0.5, 0.6) is 0 Å². The summed E-state index contributed by atoms with van der Waals surface area (Å²) in [4.78, 5) is 17.0. The first kappa shape index (κ1) is 19.3. The van der Waals surface area contributed by atoms with E-state index in [0.29, 0.717) is 13.0 Å². The number of para-hydroxylation sites is 1. The van der Waals surface area contributed by atoms with Crippen LogP contribution in [0.4, 0.5) is 0 Å². The van der Waals surface area contributed by atoms with Crippen molar-refractivity contribution < 1.29 is 4.79 Å². The predicted octanol–water partition coefficient (Wildman–Crippen LogP) is 3.27. The van der Waals surface area contributed by atoms with Gasteiger partial charge < -0.3 is 11.1 Å². The molecule has 1 unspecified atom stereocenters. The monoisotopic (exact) mass is 367 g/mol. The SMILES string of the molecule is CC(C)C(=O)NC(C)(C)Cc1[nH]nc2c(C(C)CN)nc3ccccc3c12. The van der Waals surface area contributed by atoms with Crippen LogP contribution in [0.25, 0.3) is 21.8 Å². The van der Waals surface area contributed by atoms with Gasteiger partial charge in [0.15, 0.2) is 0 Å². The van der Waals surface area contributed by atoms with E-state index in [9.17, 15) is 4.79 Å². The van der Waals surface area contributed by atoms with Gasteiger partial charge >= 0.3 is 0 Å². The fourth-order valence-electron chi connectivity index (χ4n) is 3.37. The number of carbonyl (C=O) groups is 1. The molecular formula is C21H29N5O. The number of amides is 1. The Balaban J connectivity index is 2.12. The van der Waals surface area contributed by atoms with E-state index in [1.807, 2.05) is 45.9 Å². The number of nitrogens with one attached hydrogen (secondary N) is 2. The summed E-state index contributed by atoms with van der Waals surface area (Å²) in [6.07, 6.45) is 0.645. The number of nitrogens with zero attached hydrogens (tertiary/aromatic N) is 2. The molecule has 0 spiro atoms. The van der Waals surface area contributed by atoms with Gasteiger partial charge in [0.1, 0.15) is 5.52 Å². The smallest absolute Gasteiger partial charge is 0.222 e. The van der Waals surface area contributed by atoms with Crippen molar-refractivity contribution in [2.24, 2.45) is 11.7 Å². The Morgan fingerprint density at radius 2 is 1.96 bits per heavy atom. The van der Waals surface area contributed by atoms with Crippen molar-refractivity contribution >= 4 is 27.7 Å². The lowest BCUT2D eigenvalue weighted by Crippen LogP contribution is -2.46. The molecule has 6 heteroatoms. The zero-order valence-corrected chi connectivity index (χ0v) is 16.8. The second kappa shape index (κ2) is 7.27. The first-order valence-electron chi connectivity index (χ1n) is 9.51. The predicted molar refractivity (Wildman–Crippen MR) is 110 cm³/mol. The summed E-state index contributed by atoms with van der Waals surface area (Å²) in [5, 5.41) is 13.1. The number of fused-ring (bicyclic) bond motifs is 3. The maximum absolute atomic E-state index is 12.2. The minimum absolute atomic E-state index is 0.0489. The van der Waals surface area contributed by atoms with Crippen LogP contribution in [0.3, 0.4) is 0 Å². The number of hydrogen-bond acceptors (Lipinski definition) is 4. The standard InChI is InChI=1S/C21H29N5O/c1-12(2)20(27)24-21(4,5)10-16-17-14-8-6-7-9-15(14)23-18(13(3)11-22)19(17)26-25-16/h6-9,12-13H,10-11,22H2,1-5H3,(H,24,27)(H,25,26). The lowest BCUT2D eigenvalue weighted by Gasteiger charge is -2.27. The number of benzene rings is 1. The van der Waals surface area contributed by atoms with Crippen molar-refractivity contribution in [3.8, 4) is 0 Å². The van der Waals surface area contributed by atoms with Crippen LogP contribution in [-0.2, 0) is 11.2 Å². The quantitative estimate of drug-likeness (QED) is 0.623. The Morgan fingerprint density at radius 3 is 2.63 bits per heavy atom. The van der Waals surface area contributed by atoms with Gasteiger partial charge in [-0.15, -0.1) is 0 Å². The van der Waals surface area contributed by atoms with Gasteiger partial charge in [-0.1, -0.05) is 39.0 Å². The normalized spacial score (nSPS) is 13.4. The van der Waals surface area contributed by atoms with Gasteiger partial charge in [0, 0.05) is 46.8 Å². The molecule has 0 aliphatic carbocycles. The van der Waals surface area contributed by atoms with Crippen molar-refractivity contribution in [3.05, 3.63) is 35.7 Å². The molecule has 1 atom stereocenters. The largest absolute Gasteiger partial charge is 0.351 e. The maximum Gasteiger partial charge on any atom is 0.222 e. The van der Waals surface area contributed by atoms with E-state index in [4.69, 9.17) is 10.7 Å². The van der Waals surface area contributed by atoms with Gasteiger partial charge in [0.25, 0.3) is 0 Å². The molecule has 4 N–H and O–H groups in total. The molecule has 0 aliphatic heterocycles. The molecule has 144 valence electrons. The Kier molecular flexibility index (Phi) is 5.20. The number of rotatable bonds is 6. The Labute approximate surface area is 159 Å². The second-order valence-corrected chi connectivity index (χ2v) is 8.28. The summed E-state index contributed by atoms with van der Waals surface area (Å²) in [5.74, 6) is 0.111. The van der Waals surface area contributed by atoms with Crippen LogP contribution < -0.4 is 11.1 Å². The van der Waals surface area contributed by atoms with Crippen LogP contribution in [0.15, 0.2) is 24.3 Å². The molecule has 1 amide bonds. The molecule has 27 heavy (non-hydrogen) atoms. The lowest BCUT2D eigenvalue weighted by molar-refractivity contribution is -0.125. The van der Waals surface area contributed by atoms with Crippen LogP contribution in [0, 0.1) is 5.92 Å². The Hall–Kier alpha value is -2.47. The molecular weight excluding hydrogens is 338 g/mol. The van der Waals surface area contributed by atoms with E-state index in [-0.39, 0.29) is 17.7 Å². The first-order valence-corrected chi connectivity index (χ1v) is 9.51. The highest BCUT2D eigenvalue weighted by atomic mass is 16.2. The third kappa shape index (κ3) is 3.81. The number of carbonyl (C=O) groups excluding carboxylic acids is 1. The van der Waals surface area contributed by atoms with Crippen molar-refractivity contribution in [1.29, 1.82) is 0 Å². The molecule has 0 radical (unpaired) electrons. The van der Waals surface area contributed by atoms with E-state index in [1.165, 1.54) is 0 Å². The molecule has 3 aromatic rings. The van der Waals surface area contributed by atoms with Crippen molar-refractivity contribution in [3.63, 3.8) is 0 Å². The lowest BCUT2D eigenvalue weighted by atomic mass is 9.93. The molecule has 0 saturated carbocycles. The highest BCUT2D eigenvalue weighted by molar-refractivity contribution is 6.06. The number of hydrogen-bond donors (Lipinski definition) is 3. The van der Waals surface area contributed by atoms with Crippen LogP contribution in [0.2, 0.25) is 0 Å². The van der Waals surface area contributed by atoms with Crippen molar-refractivity contribution in [2.75, 3.05) is 6.54 Å². The molecule has 0 fully saturated rings. The Morgan fingerprint density at radius 1 is 1.26 bits per heavy atom. The third-order valence-corrected chi connectivity index (χ3v) is 4.92. The summed E-state index contributed by atoms with van der Waals surface area (Å²) in [5.41, 5.74) is 9.23. The van der Waals surface area contributed by atoms with Gasteiger partial charge in [0.05, 0.1) is 11.2 Å². The molecule has 1 aromatic carbocycles. The number of H-pyrrole nitrogens is 1. The topological polar surface area (TPSA) is 96.7 Å². The van der Waals surface area contributed by atoms with Gasteiger partial charge in [-0.2, -0.15) is 5.10 Å². The molecule has 3 rings (SSSR count). The summed E-state index contributed by atoms with van der Waals surface area (Å²) in [6.45, 7) is 10.4. The van der Waals surface area contributed by atoms with E-state index < -0.39 is 5.54 Å². The summed E-state index contributed by atoms with van der Waals surface area (Å²) >= 11 is 0. The van der Waals surface area contributed by atoms with Gasteiger partial charge in [-0.3, -0.25) is 14.9 Å². The zero-order valence-electron chi connectivity index (χ0n) is 16.8. The van der Waals surface area contributed by atoms with E-state index in [2.05, 4.69) is 28.5 Å². The second-order valence-electron chi connectivity index (χ2n) is 8.28. The van der Waals surface area contributed by atoms with Crippen molar-refractivity contribution in [1.82, 2.24) is 20.5 Å². The highest BCUT2D eigenvalue weighted by Crippen LogP contribution is 2.32. The number of aromatic nitrogens is 3. The van der Waals surface area contributed by atoms with Crippen LogP contribution >= 0.6 is 0 Å². The number of nitrogens with two attached hydrogens (primary N) is 1. The molecule has 0 bridgehead atoms. The van der Waals surface area contributed by atoms with Gasteiger partial charge in [0.2, 0.25) is 5.91 Å². The fourth-order valence-corrected chi connectivity index (χ4v) is 3.37. The third-order valence-electron chi connectivity index (χ3n) is 4.92. The van der Waals surface area contributed by atoms with Gasteiger partial charge in [-0.25, -0.2) is 0 Å². The number of aromatic amines is 1. The summed E-state index contributed by atoms with van der Waals surface area (Å²) in [7, 11) is 0.